The molecule has 31 heavy (non-hydrogen) atoms. The van der Waals surface area contributed by atoms with Crippen LogP contribution in [0.5, 0.6) is 11.5 Å². The molecule has 2 aromatic carbocycles. The topological polar surface area (TPSA) is 71.3 Å². The highest BCUT2D eigenvalue weighted by molar-refractivity contribution is 6.09. The fourth-order valence-electron chi connectivity index (χ4n) is 3.00. The molecule has 0 aromatic heterocycles. The van der Waals surface area contributed by atoms with Gasteiger partial charge in [0.1, 0.15) is 17.5 Å². The van der Waals surface area contributed by atoms with Gasteiger partial charge >= 0.3 is 0 Å². The van der Waals surface area contributed by atoms with Crippen LogP contribution in [0.3, 0.4) is 0 Å². The van der Waals surface area contributed by atoms with Crippen molar-refractivity contribution >= 4 is 17.7 Å². The number of nitrogens with zero attached hydrogens (tertiary/aromatic N) is 1. The zero-order chi connectivity index (χ0) is 22.5. The number of benzene rings is 2. The van der Waals surface area contributed by atoms with Crippen LogP contribution in [0.15, 0.2) is 48.0 Å². The first-order valence-electron chi connectivity index (χ1n) is 10.6. The Hall–Kier alpha value is -3.33. The SMILES string of the molecule is CCCCCCCCOc1ccc(/C=C(\C#N)C(=O)Nc2ccc(F)cc2)cc1OC. The number of nitriles is 1. The van der Waals surface area contributed by atoms with Crippen LogP contribution in [0.4, 0.5) is 10.1 Å². The van der Waals surface area contributed by atoms with Gasteiger partial charge in [-0.05, 0) is 54.5 Å². The van der Waals surface area contributed by atoms with E-state index in [9.17, 15) is 14.4 Å². The molecular weight excluding hydrogens is 395 g/mol. The van der Waals surface area contributed by atoms with Crippen LogP contribution < -0.4 is 14.8 Å². The van der Waals surface area contributed by atoms with Gasteiger partial charge in [-0.2, -0.15) is 5.26 Å². The Kier molecular flexibility index (Phi) is 10.1. The summed E-state index contributed by atoms with van der Waals surface area (Å²) in [5.74, 6) is 0.190. The van der Waals surface area contributed by atoms with Crippen molar-refractivity contribution in [3.63, 3.8) is 0 Å². The maximum atomic E-state index is 13.0. The third-order valence-electron chi connectivity index (χ3n) is 4.72. The van der Waals surface area contributed by atoms with Gasteiger partial charge in [0.05, 0.1) is 13.7 Å². The molecule has 0 aliphatic heterocycles. The van der Waals surface area contributed by atoms with Crippen molar-refractivity contribution in [2.75, 3.05) is 19.0 Å². The van der Waals surface area contributed by atoms with Gasteiger partial charge in [-0.3, -0.25) is 4.79 Å². The molecule has 0 saturated carbocycles. The monoisotopic (exact) mass is 424 g/mol. The number of halogens is 1. The zero-order valence-electron chi connectivity index (χ0n) is 18.1. The third-order valence-corrected chi connectivity index (χ3v) is 4.72. The summed E-state index contributed by atoms with van der Waals surface area (Å²) in [6, 6.07) is 12.5. The van der Waals surface area contributed by atoms with E-state index in [1.54, 1.807) is 25.3 Å². The fraction of sp³-hybridized carbons (Fsp3) is 0.360. The van der Waals surface area contributed by atoms with E-state index < -0.39 is 11.7 Å². The standard InChI is InChI=1S/C25H29FN2O3/c1-3-4-5-6-7-8-15-31-23-14-9-19(17-24(23)30-2)16-20(18-27)25(29)28-22-12-10-21(26)11-13-22/h9-14,16-17H,3-8,15H2,1-2H3,(H,28,29)/b20-16+. The first kappa shape index (κ1) is 23.9. The lowest BCUT2D eigenvalue weighted by atomic mass is 10.1. The molecule has 1 N–H and O–H groups in total. The highest BCUT2D eigenvalue weighted by Crippen LogP contribution is 2.29. The van der Waals surface area contributed by atoms with E-state index in [1.165, 1.54) is 56.0 Å². The molecule has 0 spiro atoms. The predicted molar refractivity (Wildman–Crippen MR) is 120 cm³/mol. The third kappa shape index (κ3) is 8.13. The maximum Gasteiger partial charge on any atom is 0.266 e. The number of nitrogens with one attached hydrogen (secondary N) is 1. The maximum absolute atomic E-state index is 13.0. The van der Waals surface area contributed by atoms with Crippen molar-refractivity contribution in [1.29, 1.82) is 5.26 Å². The molecule has 0 aliphatic rings. The summed E-state index contributed by atoms with van der Waals surface area (Å²) in [6.07, 6.45) is 8.57. The largest absolute Gasteiger partial charge is 0.493 e. The summed E-state index contributed by atoms with van der Waals surface area (Å²) < 4.78 is 24.2. The number of ether oxygens (including phenoxy) is 2. The Morgan fingerprint density at radius 1 is 1.06 bits per heavy atom. The van der Waals surface area contributed by atoms with E-state index in [1.807, 2.05) is 6.07 Å². The van der Waals surface area contributed by atoms with E-state index in [-0.39, 0.29) is 5.57 Å². The number of amides is 1. The molecule has 2 aromatic rings. The number of unbranched alkanes of at least 4 members (excludes halogenated alkanes) is 5. The Morgan fingerprint density at radius 3 is 2.45 bits per heavy atom. The van der Waals surface area contributed by atoms with E-state index in [0.717, 1.165) is 12.8 Å². The van der Waals surface area contributed by atoms with Crippen molar-refractivity contribution in [2.24, 2.45) is 0 Å². The zero-order valence-corrected chi connectivity index (χ0v) is 18.1. The highest BCUT2D eigenvalue weighted by atomic mass is 19.1. The van der Waals surface area contributed by atoms with E-state index >= 15 is 0 Å². The Morgan fingerprint density at radius 2 is 1.77 bits per heavy atom. The van der Waals surface area contributed by atoms with Gasteiger partial charge in [-0.15, -0.1) is 0 Å². The lowest BCUT2D eigenvalue weighted by Gasteiger charge is -2.11. The van der Waals surface area contributed by atoms with Gasteiger partial charge in [-0.25, -0.2) is 4.39 Å². The number of rotatable bonds is 12. The summed E-state index contributed by atoms with van der Waals surface area (Å²) in [5.41, 5.74) is 0.963. The quantitative estimate of drug-likeness (QED) is 0.253. The molecular formula is C25H29FN2O3. The lowest BCUT2D eigenvalue weighted by Crippen LogP contribution is -2.13. The van der Waals surface area contributed by atoms with Crippen LogP contribution in [0, 0.1) is 17.1 Å². The normalized spacial score (nSPS) is 11.0. The molecule has 6 heteroatoms. The minimum absolute atomic E-state index is 0.0767. The van der Waals surface area contributed by atoms with Crippen molar-refractivity contribution in [2.45, 2.75) is 45.4 Å². The van der Waals surface area contributed by atoms with Gasteiger partial charge in [0.2, 0.25) is 0 Å². The summed E-state index contributed by atoms with van der Waals surface area (Å²) in [4.78, 5) is 12.4. The smallest absolute Gasteiger partial charge is 0.266 e. The summed E-state index contributed by atoms with van der Waals surface area (Å²) >= 11 is 0. The number of anilines is 1. The van der Waals surface area contributed by atoms with Gasteiger partial charge in [0, 0.05) is 5.69 Å². The molecule has 0 aliphatic carbocycles. The van der Waals surface area contributed by atoms with Crippen molar-refractivity contribution in [3.8, 4) is 17.6 Å². The molecule has 164 valence electrons. The Balaban J connectivity index is 1.99. The molecule has 0 radical (unpaired) electrons. The molecule has 5 nitrogen and oxygen atoms in total. The molecule has 0 fully saturated rings. The van der Waals surface area contributed by atoms with E-state index in [0.29, 0.717) is 29.4 Å². The van der Waals surface area contributed by atoms with Crippen LogP contribution in [0.2, 0.25) is 0 Å². The van der Waals surface area contributed by atoms with Gasteiger partial charge in [-0.1, -0.05) is 45.1 Å². The fourth-order valence-corrected chi connectivity index (χ4v) is 3.00. The number of methoxy groups -OCH3 is 1. The summed E-state index contributed by atoms with van der Waals surface area (Å²) in [7, 11) is 1.55. The van der Waals surface area contributed by atoms with Crippen LogP contribution in [0.1, 0.15) is 51.0 Å². The van der Waals surface area contributed by atoms with Crippen LogP contribution >= 0.6 is 0 Å². The summed E-state index contributed by atoms with van der Waals surface area (Å²) in [5, 5.41) is 12.0. The van der Waals surface area contributed by atoms with Gasteiger partial charge < -0.3 is 14.8 Å². The van der Waals surface area contributed by atoms with Gasteiger partial charge in [0.15, 0.2) is 11.5 Å². The van der Waals surface area contributed by atoms with Crippen LogP contribution in [0.25, 0.3) is 6.08 Å². The van der Waals surface area contributed by atoms with E-state index in [2.05, 4.69) is 12.2 Å². The number of hydrogen-bond acceptors (Lipinski definition) is 4. The minimum atomic E-state index is -0.573. The number of carbonyl (C=O) groups excluding carboxylic acids is 1. The van der Waals surface area contributed by atoms with Gasteiger partial charge in [0.25, 0.3) is 5.91 Å². The second-order valence-electron chi connectivity index (χ2n) is 7.16. The lowest BCUT2D eigenvalue weighted by molar-refractivity contribution is -0.112. The average molecular weight is 425 g/mol. The van der Waals surface area contributed by atoms with Crippen molar-refractivity contribution in [3.05, 3.63) is 59.4 Å². The average Bonchev–Trinajstić information content (AvgIpc) is 2.78. The van der Waals surface area contributed by atoms with Crippen molar-refractivity contribution < 1.29 is 18.7 Å². The molecule has 2 rings (SSSR count). The first-order valence-corrected chi connectivity index (χ1v) is 10.6. The Labute approximate surface area is 183 Å². The predicted octanol–water partition coefficient (Wildman–Crippen LogP) is 6.12. The molecule has 0 unspecified atom stereocenters. The molecule has 1 amide bonds. The first-order chi connectivity index (χ1) is 15.1. The molecule has 0 saturated heterocycles. The summed E-state index contributed by atoms with van der Waals surface area (Å²) in [6.45, 7) is 2.81. The van der Waals surface area contributed by atoms with Crippen LogP contribution in [-0.2, 0) is 4.79 Å². The second kappa shape index (κ2) is 13.1. The second-order valence-corrected chi connectivity index (χ2v) is 7.16. The van der Waals surface area contributed by atoms with Crippen molar-refractivity contribution in [1.82, 2.24) is 0 Å². The Bertz CT molecular complexity index is 917. The number of carbonyl (C=O) groups is 1. The number of hydrogen-bond donors (Lipinski definition) is 1. The minimum Gasteiger partial charge on any atom is -0.493 e. The molecule has 0 atom stereocenters. The highest BCUT2D eigenvalue weighted by Gasteiger charge is 2.11. The van der Waals surface area contributed by atoms with Crippen LogP contribution in [-0.4, -0.2) is 19.6 Å². The molecule has 0 bridgehead atoms. The molecule has 0 heterocycles. The van der Waals surface area contributed by atoms with E-state index in [4.69, 9.17) is 9.47 Å².